The smallest absolute Gasteiger partial charge is 0.195 e. The van der Waals surface area contributed by atoms with Gasteiger partial charge in [-0.25, -0.2) is 0 Å². The number of anilines is 1. The summed E-state index contributed by atoms with van der Waals surface area (Å²) in [6, 6.07) is 12.0. The lowest BCUT2D eigenvalue weighted by molar-refractivity contribution is 0.960. The summed E-state index contributed by atoms with van der Waals surface area (Å²) in [5, 5.41) is 8.20. The molecule has 2 aromatic carbocycles. The fraction of sp³-hybridized carbons (Fsp3) is 0.263. The molecule has 2 N–H and O–H groups in total. The van der Waals surface area contributed by atoms with Gasteiger partial charge in [-0.05, 0) is 36.8 Å². The Hall–Kier alpha value is -2.40. The first-order chi connectivity index (χ1) is 11.8. The van der Waals surface area contributed by atoms with Crippen LogP contribution in [0.3, 0.4) is 0 Å². The van der Waals surface area contributed by atoms with E-state index in [1.54, 1.807) is 11.3 Å². The number of rotatable bonds is 4. The molecule has 0 radical (unpaired) electrons. The van der Waals surface area contributed by atoms with Gasteiger partial charge in [0.25, 0.3) is 0 Å². The third-order valence-electron chi connectivity index (χ3n) is 4.20. The van der Waals surface area contributed by atoms with Crippen LogP contribution >= 0.6 is 11.3 Å². The van der Waals surface area contributed by atoms with Gasteiger partial charge >= 0.3 is 0 Å². The van der Waals surface area contributed by atoms with E-state index in [-0.39, 0.29) is 5.43 Å². The van der Waals surface area contributed by atoms with Crippen LogP contribution in [0, 0.1) is 0 Å². The number of hydrogen-bond acceptors (Lipinski definition) is 5. The summed E-state index contributed by atoms with van der Waals surface area (Å²) in [6.45, 7) is 4.74. The number of nitrogens with one attached hydrogen (secondary N) is 2. The molecule has 3 aromatic rings. The molecule has 4 nitrogen and oxygen atoms in total. The lowest BCUT2D eigenvalue weighted by atomic mass is 10.1. The van der Waals surface area contributed by atoms with Crippen molar-refractivity contribution >= 4 is 43.0 Å². The summed E-state index contributed by atoms with van der Waals surface area (Å²) in [5.74, 6) is 0.927. The van der Waals surface area contributed by atoms with Crippen LogP contribution < -0.4 is 16.1 Å². The van der Waals surface area contributed by atoms with Crippen LogP contribution in [0.5, 0.6) is 0 Å². The molecule has 0 aliphatic carbocycles. The average Bonchev–Trinajstić information content (AvgIpc) is 3.14. The van der Waals surface area contributed by atoms with E-state index in [4.69, 9.17) is 0 Å². The molecule has 0 saturated carbocycles. The molecule has 0 saturated heterocycles. The molecule has 122 valence electrons. The van der Waals surface area contributed by atoms with Crippen LogP contribution in [-0.4, -0.2) is 25.5 Å². The Labute approximate surface area is 144 Å². The molecule has 1 aliphatic heterocycles. The van der Waals surface area contributed by atoms with Crippen molar-refractivity contribution in [1.29, 1.82) is 0 Å². The Morgan fingerprint density at radius 3 is 2.88 bits per heavy atom. The second-order valence-electron chi connectivity index (χ2n) is 5.94. The van der Waals surface area contributed by atoms with Gasteiger partial charge in [0, 0.05) is 44.5 Å². The molecule has 1 aliphatic rings. The van der Waals surface area contributed by atoms with E-state index in [1.807, 2.05) is 30.3 Å². The molecule has 2 heterocycles. The van der Waals surface area contributed by atoms with Gasteiger partial charge in [-0.2, -0.15) is 0 Å². The number of amidine groups is 1. The molecule has 4 rings (SSSR count). The molecular formula is C19H19N3OS. The van der Waals surface area contributed by atoms with E-state index in [1.165, 1.54) is 0 Å². The summed E-state index contributed by atoms with van der Waals surface area (Å²) < 4.78 is 2.03. The van der Waals surface area contributed by atoms with Crippen LogP contribution in [-0.2, 0) is 0 Å². The van der Waals surface area contributed by atoms with Crippen LogP contribution in [0.25, 0.3) is 20.2 Å². The van der Waals surface area contributed by atoms with Gasteiger partial charge in [0.1, 0.15) is 5.84 Å². The molecular weight excluding hydrogens is 318 g/mol. The topological polar surface area (TPSA) is 53.5 Å². The normalized spacial score (nSPS) is 14.0. The van der Waals surface area contributed by atoms with Crippen molar-refractivity contribution in [3.63, 3.8) is 0 Å². The lowest BCUT2D eigenvalue weighted by Gasteiger charge is -2.08. The minimum Gasteiger partial charge on any atom is -0.385 e. The standard InChI is InChI=1S/C19H19N3OS/c1-2-7-20-13-4-6-16-15(11-13)18(23)14-5-3-12(10-17(14)24-16)19-21-8-9-22-19/h3-6,10-11,20H,2,7-9H2,1H3,(H,21,22). The maximum atomic E-state index is 12.9. The highest BCUT2D eigenvalue weighted by Crippen LogP contribution is 2.27. The molecule has 24 heavy (non-hydrogen) atoms. The number of aliphatic imine (C=N–C) groups is 1. The van der Waals surface area contributed by atoms with Gasteiger partial charge in [0.15, 0.2) is 5.43 Å². The lowest BCUT2D eigenvalue weighted by Crippen LogP contribution is -2.19. The van der Waals surface area contributed by atoms with Gasteiger partial charge in [-0.3, -0.25) is 9.79 Å². The van der Waals surface area contributed by atoms with Gasteiger partial charge < -0.3 is 10.6 Å². The maximum Gasteiger partial charge on any atom is 0.195 e. The van der Waals surface area contributed by atoms with Crippen molar-refractivity contribution in [2.75, 3.05) is 25.0 Å². The second-order valence-corrected chi connectivity index (χ2v) is 7.02. The first-order valence-electron chi connectivity index (χ1n) is 8.29. The van der Waals surface area contributed by atoms with Gasteiger partial charge in [0.2, 0.25) is 0 Å². The highest BCUT2D eigenvalue weighted by atomic mass is 32.1. The average molecular weight is 337 g/mol. The zero-order chi connectivity index (χ0) is 16.5. The SMILES string of the molecule is CCCNc1ccc2sc3cc(C4=NCCN4)ccc3c(=O)c2c1. The minimum atomic E-state index is 0.103. The number of hydrogen-bond donors (Lipinski definition) is 2. The van der Waals surface area contributed by atoms with Crippen molar-refractivity contribution in [1.82, 2.24) is 5.32 Å². The van der Waals surface area contributed by atoms with Gasteiger partial charge in [0.05, 0.1) is 6.54 Å². The van der Waals surface area contributed by atoms with Crippen LogP contribution in [0.1, 0.15) is 18.9 Å². The van der Waals surface area contributed by atoms with Crippen molar-refractivity contribution in [2.45, 2.75) is 13.3 Å². The summed E-state index contributed by atoms with van der Waals surface area (Å²) >= 11 is 1.66. The predicted molar refractivity (Wildman–Crippen MR) is 104 cm³/mol. The third-order valence-corrected chi connectivity index (χ3v) is 5.33. The predicted octanol–water partition coefficient (Wildman–Crippen LogP) is 3.59. The van der Waals surface area contributed by atoms with Crippen LogP contribution in [0.15, 0.2) is 46.2 Å². The number of benzene rings is 2. The fourth-order valence-corrected chi connectivity index (χ4v) is 4.06. The monoisotopic (exact) mass is 337 g/mol. The zero-order valence-corrected chi connectivity index (χ0v) is 14.4. The van der Waals surface area contributed by atoms with Crippen LogP contribution in [0.2, 0.25) is 0 Å². The van der Waals surface area contributed by atoms with E-state index < -0.39 is 0 Å². The molecule has 0 amide bonds. The molecule has 0 unspecified atom stereocenters. The van der Waals surface area contributed by atoms with Crippen LogP contribution in [0.4, 0.5) is 5.69 Å². The molecule has 1 aromatic heterocycles. The fourth-order valence-electron chi connectivity index (χ4n) is 2.97. The highest BCUT2D eigenvalue weighted by Gasteiger charge is 2.11. The summed E-state index contributed by atoms with van der Waals surface area (Å²) in [4.78, 5) is 17.3. The first-order valence-corrected chi connectivity index (χ1v) is 9.11. The Kier molecular flexibility index (Phi) is 3.94. The molecule has 0 spiro atoms. The maximum absolute atomic E-state index is 12.9. The molecule has 5 heteroatoms. The zero-order valence-electron chi connectivity index (χ0n) is 13.6. The Morgan fingerprint density at radius 1 is 1.17 bits per heavy atom. The van der Waals surface area contributed by atoms with E-state index in [0.717, 1.165) is 63.3 Å². The Balaban J connectivity index is 1.85. The van der Waals surface area contributed by atoms with E-state index in [2.05, 4.69) is 28.6 Å². The van der Waals surface area contributed by atoms with Crippen molar-refractivity contribution in [2.24, 2.45) is 4.99 Å². The quantitative estimate of drug-likeness (QED) is 0.716. The first kappa shape index (κ1) is 15.1. The largest absolute Gasteiger partial charge is 0.385 e. The van der Waals surface area contributed by atoms with E-state index in [9.17, 15) is 4.79 Å². The van der Waals surface area contributed by atoms with Crippen molar-refractivity contribution in [3.8, 4) is 0 Å². The second kappa shape index (κ2) is 6.24. The summed E-state index contributed by atoms with van der Waals surface area (Å²) in [6.07, 6.45) is 1.06. The van der Waals surface area contributed by atoms with E-state index in [0.29, 0.717) is 0 Å². The number of fused-ring (bicyclic) bond motifs is 2. The minimum absolute atomic E-state index is 0.103. The van der Waals surface area contributed by atoms with Crippen molar-refractivity contribution in [3.05, 3.63) is 52.2 Å². The highest BCUT2D eigenvalue weighted by molar-refractivity contribution is 7.24. The molecule has 0 bridgehead atoms. The Morgan fingerprint density at radius 2 is 2.08 bits per heavy atom. The van der Waals surface area contributed by atoms with E-state index >= 15 is 0 Å². The molecule has 0 atom stereocenters. The van der Waals surface area contributed by atoms with Crippen molar-refractivity contribution < 1.29 is 0 Å². The number of nitrogens with zero attached hydrogens (tertiary/aromatic N) is 1. The summed E-state index contributed by atoms with van der Waals surface area (Å²) in [7, 11) is 0. The third kappa shape index (κ3) is 2.65. The van der Waals surface area contributed by atoms with Gasteiger partial charge in [-0.1, -0.05) is 13.0 Å². The summed E-state index contributed by atoms with van der Waals surface area (Å²) in [5.41, 5.74) is 2.16. The van der Waals surface area contributed by atoms with Gasteiger partial charge in [-0.15, -0.1) is 11.3 Å². The Bertz CT molecular complexity index is 1010. The molecule has 0 fully saturated rings.